The average molecular weight is 200 g/mol. The lowest BCUT2D eigenvalue weighted by molar-refractivity contribution is 0.588. The van der Waals surface area contributed by atoms with Crippen LogP contribution in [0.4, 0.5) is 0 Å². The molecule has 1 N–H and O–H groups in total. The van der Waals surface area contributed by atoms with Gasteiger partial charge in [-0.3, -0.25) is 5.10 Å². The van der Waals surface area contributed by atoms with Crippen molar-refractivity contribution in [1.29, 1.82) is 0 Å². The first-order chi connectivity index (χ1) is 7.27. The number of aromatic nitrogens is 2. The van der Waals surface area contributed by atoms with E-state index in [4.69, 9.17) is 0 Å². The average Bonchev–Trinajstić information content (AvgIpc) is 2.66. The smallest absolute Gasteiger partial charge is 0.0655 e. The summed E-state index contributed by atoms with van der Waals surface area (Å²) < 4.78 is 0. The minimum atomic E-state index is 0.716. The molecule has 15 heavy (non-hydrogen) atoms. The Balaban J connectivity index is 2.36. The standard InChI is InChI=1S/C13H16N2/c1-8-4-3-5-10-6-12-11(7-14-15-12)9(2)13(8)10/h6-8H,3-5H2,1-2H3,(H,14,15)/t8-/m1/s1. The minimum absolute atomic E-state index is 0.716. The molecule has 2 aromatic rings. The normalized spacial score (nSPS) is 20.5. The third-order valence-corrected chi connectivity index (χ3v) is 3.72. The highest BCUT2D eigenvalue weighted by molar-refractivity contribution is 5.84. The van der Waals surface area contributed by atoms with Crippen molar-refractivity contribution in [1.82, 2.24) is 10.2 Å². The second kappa shape index (κ2) is 3.09. The van der Waals surface area contributed by atoms with Crippen LogP contribution in [0.5, 0.6) is 0 Å². The fraction of sp³-hybridized carbons (Fsp3) is 0.462. The molecule has 2 heteroatoms. The van der Waals surface area contributed by atoms with Gasteiger partial charge in [0.15, 0.2) is 0 Å². The zero-order valence-electron chi connectivity index (χ0n) is 9.30. The number of nitrogens with zero attached hydrogens (tertiary/aromatic N) is 1. The largest absolute Gasteiger partial charge is 0.278 e. The number of hydrogen-bond acceptors (Lipinski definition) is 1. The molecule has 1 aliphatic rings. The summed E-state index contributed by atoms with van der Waals surface area (Å²) in [6.07, 6.45) is 5.84. The molecular formula is C13H16N2. The monoisotopic (exact) mass is 200 g/mol. The molecule has 0 aliphatic heterocycles. The van der Waals surface area contributed by atoms with E-state index in [0.717, 1.165) is 0 Å². The van der Waals surface area contributed by atoms with Gasteiger partial charge < -0.3 is 0 Å². The van der Waals surface area contributed by atoms with E-state index >= 15 is 0 Å². The maximum Gasteiger partial charge on any atom is 0.0655 e. The molecule has 0 amide bonds. The molecular weight excluding hydrogens is 184 g/mol. The van der Waals surface area contributed by atoms with E-state index in [2.05, 4.69) is 30.1 Å². The predicted octanol–water partition coefficient (Wildman–Crippen LogP) is 3.31. The Labute approximate surface area is 89.7 Å². The van der Waals surface area contributed by atoms with Gasteiger partial charge in [0.25, 0.3) is 0 Å². The summed E-state index contributed by atoms with van der Waals surface area (Å²) in [6.45, 7) is 4.58. The van der Waals surface area contributed by atoms with E-state index in [1.165, 1.54) is 41.3 Å². The predicted molar refractivity (Wildman–Crippen MR) is 62.2 cm³/mol. The van der Waals surface area contributed by atoms with Crippen LogP contribution in [0.15, 0.2) is 12.3 Å². The summed E-state index contributed by atoms with van der Waals surface area (Å²) in [7, 11) is 0. The number of rotatable bonds is 0. The van der Waals surface area contributed by atoms with Gasteiger partial charge in [0.05, 0.1) is 11.7 Å². The second-order valence-corrected chi connectivity index (χ2v) is 4.70. The van der Waals surface area contributed by atoms with Crippen molar-refractivity contribution in [2.75, 3.05) is 0 Å². The Morgan fingerprint density at radius 3 is 3.20 bits per heavy atom. The molecule has 1 heterocycles. The topological polar surface area (TPSA) is 28.7 Å². The van der Waals surface area contributed by atoms with E-state index in [1.54, 1.807) is 5.56 Å². The zero-order valence-corrected chi connectivity index (χ0v) is 9.30. The van der Waals surface area contributed by atoms with Gasteiger partial charge in [0.2, 0.25) is 0 Å². The Morgan fingerprint density at radius 1 is 1.47 bits per heavy atom. The van der Waals surface area contributed by atoms with Crippen LogP contribution >= 0.6 is 0 Å². The molecule has 0 bridgehead atoms. The summed E-state index contributed by atoms with van der Waals surface area (Å²) in [5.41, 5.74) is 5.74. The van der Waals surface area contributed by atoms with Crippen LogP contribution in [0.1, 0.15) is 42.4 Å². The van der Waals surface area contributed by atoms with Gasteiger partial charge in [-0.15, -0.1) is 0 Å². The van der Waals surface area contributed by atoms with Gasteiger partial charge in [0.1, 0.15) is 0 Å². The van der Waals surface area contributed by atoms with E-state index in [-0.39, 0.29) is 0 Å². The lowest BCUT2D eigenvalue weighted by Gasteiger charge is -2.24. The molecule has 0 unspecified atom stereocenters. The molecule has 0 radical (unpaired) electrons. The van der Waals surface area contributed by atoms with Crippen LogP contribution in [-0.2, 0) is 6.42 Å². The van der Waals surface area contributed by atoms with Crippen molar-refractivity contribution in [3.8, 4) is 0 Å². The minimum Gasteiger partial charge on any atom is -0.278 e. The highest BCUT2D eigenvalue weighted by Crippen LogP contribution is 2.36. The van der Waals surface area contributed by atoms with Crippen LogP contribution in [0.2, 0.25) is 0 Å². The molecule has 0 saturated heterocycles. The molecule has 0 saturated carbocycles. The van der Waals surface area contributed by atoms with Gasteiger partial charge in [-0.05, 0) is 54.9 Å². The number of fused-ring (bicyclic) bond motifs is 2. The van der Waals surface area contributed by atoms with E-state index in [9.17, 15) is 0 Å². The van der Waals surface area contributed by atoms with Crippen molar-refractivity contribution in [3.63, 3.8) is 0 Å². The molecule has 3 rings (SSSR count). The fourth-order valence-electron chi connectivity index (χ4n) is 2.98. The van der Waals surface area contributed by atoms with Crippen molar-refractivity contribution < 1.29 is 0 Å². The molecule has 78 valence electrons. The summed E-state index contributed by atoms with van der Waals surface area (Å²) >= 11 is 0. The zero-order chi connectivity index (χ0) is 10.4. The Kier molecular flexibility index (Phi) is 1.84. The van der Waals surface area contributed by atoms with Gasteiger partial charge in [0, 0.05) is 5.39 Å². The number of nitrogens with one attached hydrogen (secondary N) is 1. The number of aromatic amines is 1. The Bertz CT molecular complexity index is 510. The molecule has 1 atom stereocenters. The summed E-state index contributed by atoms with van der Waals surface area (Å²) in [5, 5.41) is 8.50. The number of benzene rings is 1. The summed E-state index contributed by atoms with van der Waals surface area (Å²) in [6, 6.07) is 2.29. The first kappa shape index (κ1) is 8.96. The molecule has 1 aromatic carbocycles. The quantitative estimate of drug-likeness (QED) is 0.694. The van der Waals surface area contributed by atoms with Crippen LogP contribution in [0.3, 0.4) is 0 Å². The molecule has 0 spiro atoms. The van der Waals surface area contributed by atoms with Crippen LogP contribution in [0, 0.1) is 6.92 Å². The molecule has 1 aliphatic carbocycles. The van der Waals surface area contributed by atoms with Gasteiger partial charge >= 0.3 is 0 Å². The maximum atomic E-state index is 4.13. The lowest BCUT2D eigenvalue weighted by atomic mass is 9.80. The highest BCUT2D eigenvalue weighted by atomic mass is 15.1. The van der Waals surface area contributed by atoms with Crippen molar-refractivity contribution in [2.45, 2.75) is 39.0 Å². The third-order valence-electron chi connectivity index (χ3n) is 3.72. The van der Waals surface area contributed by atoms with Crippen molar-refractivity contribution >= 4 is 10.9 Å². The number of H-pyrrole nitrogens is 1. The summed E-state index contributed by atoms with van der Waals surface area (Å²) in [5.74, 6) is 0.716. The van der Waals surface area contributed by atoms with Crippen LogP contribution in [-0.4, -0.2) is 10.2 Å². The van der Waals surface area contributed by atoms with Gasteiger partial charge in [-0.1, -0.05) is 6.92 Å². The van der Waals surface area contributed by atoms with Crippen LogP contribution < -0.4 is 0 Å². The SMILES string of the molecule is Cc1c2c(cc3[nH]ncc13)CCC[C@H]2C. The molecule has 0 fully saturated rings. The third kappa shape index (κ3) is 1.21. The number of hydrogen-bond donors (Lipinski definition) is 1. The Hall–Kier alpha value is -1.31. The summed E-state index contributed by atoms with van der Waals surface area (Å²) in [4.78, 5) is 0. The highest BCUT2D eigenvalue weighted by Gasteiger charge is 2.20. The Morgan fingerprint density at radius 2 is 2.33 bits per heavy atom. The van der Waals surface area contributed by atoms with Crippen LogP contribution in [0.25, 0.3) is 10.9 Å². The van der Waals surface area contributed by atoms with E-state index < -0.39 is 0 Å². The van der Waals surface area contributed by atoms with Gasteiger partial charge in [-0.25, -0.2) is 0 Å². The van der Waals surface area contributed by atoms with Crippen molar-refractivity contribution in [3.05, 3.63) is 29.0 Å². The maximum absolute atomic E-state index is 4.13. The second-order valence-electron chi connectivity index (χ2n) is 4.70. The van der Waals surface area contributed by atoms with E-state index in [0.29, 0.717) is 5.92 Å². The van der Waals surface area contributed by atoms with E-state index in [1.807, 2.05) is 6.20 Å². The lowest BCUT2D eigenvalue weighted by Crippen LogP contribution is -2.09. The number of aryl methyl sites for hydroxylation is 2. The first-order valence-electron chi connectivity index (χ1n) is 5.73. The fourth-order valence-corrected chi connectivity index (χ4v) is 2.98. The molecule has 2 nitrogen and oxygen atoms in total. The first-order valence-corrected chi connectivity index (χ1v) is 5.73. The molecule has 1 aromatic heterocycles. The van der Waals surface area contributed by atoms with Crippen molar-refractivity contribution in [2.24, 2.45) is 0 Å². The van der Waals surface area contributed by atoms with Gasteiger partial charge in [-0.2, -0.15) is 5.10 Å².